The standard InChI is InChI=1S/C13H13N3O/c14-7-1-3-9-11(5-7)16-12-6-8(15)2-4-10(12)13(9)17/h1-3,5-6,10,16H,4,14-15H2. The maximum Gasteiger partial charge on any atom is 0.174 e. The molecule has 1 aliphatic heterocycles. The first kappa shape index (κ1) is 9.96. The number of nitrogen functional groups attached to an aromatic ring is 1. The number of rotatable bonds is 0. The quantitative estimate of drug-likeness (QED) is 0.588. The molecule has 0 saturated carbocycles. The smallest absolute Gasteiger partial charge is 0.174 e. The van der Waals surface area contributed by atoms with Crippen molar-refractivity contribution < 1.29 is 4.79 Å². The van der Waals surface area contributed by atoms with E-state index in [0.717, 1.165) is 11.4 Å². The van der Waals surface area contributed by atoms with Crippen molar-refractivity contribution in [2.75, 3.05) is 11.1 Å². The topological polar surface area (TPSA) is 81.1 Å². The number of carbonyl (C=O) groups excluding carboxylic acids is 1. The fourth-order valence-electron chi connectivity index (χ4n) is 2.31. The number of benzene rings is 1. The summed E-state index contributed by atoms with van der Waals surface area (Å²) < 4.78 is 0. The fraction of sp³-hybridized carbons (Fsp3) is 0.154. The van der Waals surface area contributed by atoms with E-state index in [1.807, 2.05) is 12.2 Å². The van der Waals surface area contributed by atoms with E-state index in [1.165, 1.54) is 0 Å². The Bertz CT molecular complexity index is 572. The van der Waals surface area contributed by atoms with Gasteiger partial charge >= 0.3 is 0 Å². The number of allylic oxidation sites excluding steroid dienone is 3. The molecule has 1 unspecified atom stereocenters. The molecule has 4 nitrogen and oxygen atoms in total. The highest BCUT2D eigenvalue weighted by atomic mass is 16.1. The number of carbonyl (C=O) groups is 1. The Morgan fingerprint density at radius 1 is 1.29 bits per heavy atom. The first-order chi connectivity index (χ1) is 8.15. The summed E-state index contributed by atoms with van der Waals surface area (Å²) in [5.41, 5.74) is 15.1. The molecule has 4 heteroatoms. The van der Waals surface area contributed by atoms with Crippen molar-refractivity contribution in [2.45, 2.75) is 6.42 Å². The van der Waals surface area contributed by atoms with Gasteiger partial charge in [0, 0.05) is 22.6 Å². The minimum absolute atomic E-state index is 0.126. The maximum atomic E-state index is 12.3. The molecule has 0 aromatic heterocycles. The zero-order chi connectivity index (χ0) is 12.0. The van der Waals surface area contributed by atoms with Crippen LogP contribution in [0, 0.1) is 5.92 Å². The second-order valence-corrected chi connectivity index (χ2v) is 4.39. The molecule has 1 atom stereocenters. The van der Waals surface area contributed by atoms with Crippen LogP contribution >= 0.6 is 0 Å². The van der Waals surface area contributed by atoms with Crippen LogP contribution in [-0.2, 0) is 0 Å². The summed E-state index contributed by atoms with van der Waals surface area (Å²) in [5.74, 6) is 0.00664. The van der Waals surface area contributed by atoms with Crippen LogP contribution in [0.3, 0.4) is 0 Å². The fourth-order valence-corrected chi connectivity index (χ4v) is 2.31. The maximum absolute atomic E-state index is 12.3. The van der Waals surface area contributed by atoms with Crippen molar-refractivity contribution >= 4 is 17.2 Å². The molecule has 1 aromatic rings. The molecule has 0 bridgehead atoms. The molecule has 2 aliphatic rings. The summed E-state index contributed by atoms with van der Waals surface area (Å²) in [6.07, 6.45) is 4.36. The van der Waals surface area contributed by atoms with Crippen LogP contribution in [0.1, 0.15) is 16.8 Å². The van der Waals surface area contributed by atoms with E-state index in [-0.39, 0.29) is 11.7 Å². The average Bonchev–Trinajstić information content (AvgIpc) is 2.28. The Kier molecular flexibility index (Phi) is 1.98. The monoisotopic (exact) mass is 227 g/mol. The SMILES string of the molecule is NC1=CCC2C(=O)c3ccc(N)cc3NC2=C1. The molecule has 1 aromatic carbocycles. The molecule has 0 fully saturated rings. The third-order valence-corrected chi connectivity index (χ3v) is 3.19. The Morgan fingerprint density at radius 3 is 2.94 bits per heavy atom. The molecule has 17 heavy (non-hydrogen) atoms. The minimum atomic E-state index is -0.126. The third-order valence-electron chi connectivity index (χ3n) is 3.19. The predicted molar refractivity (Wildman–Crippen MR) is 67.3 cm³/mol. The number of Topliss-reactive ketones (excluding diaryl/α,β-unsaturated/α-hetero) is 1. The van der Waals surface area contributed by atoms with Crippen molar-refractivity contribution in [2.24, 2.45) is 11.7 Å². The van der Waals surface area contributed by atoms with E-state index < -0.39 is 0 Å². The van der Waals surface area contributed by atoms with Gasteiger partial charge in [0.15, 0.2) is 5.78 Å². The van der Waals surface area contributed by atoms with Crippen LogP contribution < -0.4 is 16.8 Å². The van der Waals surface area contributed by atoms with Crippen molar-refractivity contribution in [3.63, 3.8) is 0 Å². The van der Waals surface area contributed by atoms with E-state index >= 15 is 0 Å². The first-order valence-electron chi connectivity index (χ1n) is 5.53. The number of hydrogen-bond donors (Lipinski definition) is 3. The summed E-state index contributed by atoms with van der Waals surface area (Å²) >= 11 is 0. The van der Waals surface area contributed by atoms with Gasteiger partial charge < -0.3 is 16.8 Å². The lowest BCUT2D eigenvalue weighted by Crippen LogP contribution is -2.29. The van der Waals surface area contributed by atoms with Crippen molar-refractivity contribution in [1.29, 1.82) is 0 Å². The third kappa shape index (κ3) is 1.49. The highest BCUT2D eigenvalue weighted by Crippen LogP contribution is 2.35. The van der Waals surface area contributed by atoms with Crippen LogP contribution in [0.25, 0.3) is 0 Å². The van der Waals surface area contributed by atoms with Gasteiger partial charge in [-0.15, -0.1) is 0 Å². The van der Waals surface area contributed by atoms with Gasteiger partial charge in [-0.1, -0.05) is 6.08 Å². The van der Waals surface area contributed by atoms with Crippen LogP contribution in [0.2, 0.25) is 0 Å². The molecule has 5 N–H and O–H groups in total. The van der Waals surface area contributed by atoms with Crippen molar-refractivity contribution in [3.05, 3.63) is 47.3 Å². The first-order valence-corrected chi connectivity index (χ1v) is 5.53. The zero-order valence-electron chi connectivity index (χ0n) is 9.23. The van der Waals surface area contributed by atoms with E-state index in [2.05, 4.69) is 5.32 Å². The van der Waals surface area contributed by atoms with Gasteiger partial charge in [-0.3, -0.25) is 4.79 Å². The van der Waals surface area contributed by atoms with Gasteiger partial charge in [-0.2, -0.15) is 0 Å². The van der Waals surface area contributed by atoms with Gasteiger partial charge in [0.25, 0.3) is 0 Å². The van der Waals surface area contributed by atoms with E-state index in [4.69, 9.17) is 11.5 Å². The summed E-state index contributed by atoms with van der Waals surface area (Å²) in [4.78, 5) is 12.3. The average molecular weight is 227 g/mol. The second kappa shape index (κ2) is 3.38. The van der Waals surface area contributed by atoms with Gasteiger partial charge in [0.2, 0.25) is 0 Å². The highest BCUT2D eigenvalue weighted by Gasteiger charge is 2.31. The van der Waals surface area contributed by atoms with Crippen LogP contribution in [0.5, 0.6) is 0 Å². The van der Waals surface area contributed by atoms with E-state index in [9.17, 15) is 4.79 Å². The highest BCUT2D eigenvalue weighted by molar-refractivity contribution is 6.07. The van der Waals surface area contributed by atoms with E-state index in [1.54, 1.807) is 18.2 Å². The molecule has 0 saturated heterocycles. The molecule has 0 spiro atoms. The molecular weight excluding hydrogens is 214 g/mol. The van der Waals surface area contributed by atoms with Crippen LogP contribution in [0.15, 0.2) is 41.7 Å². The lowest BCUT2D eigenvalue weighted by Gasteiger charge is -2.29. The summed E-state index contributed by atoms with van der Waals surface area (Å²) in [6.45, 7) is 0. The van der Waals surface area contributed by atoms with Gasteiger partial charge in [-0.05, 0) is 30.7 Å². The Labute approximate surface area is 99.0 Å². The molecule has 0 amide bonds. The van der Waals surface area contributed by atoms with Crippen LogP contribution in [-0.4, -0.2) is 5.78 Å². The normalized spacial score (nSPS) is 21.9. The molecule has 3 rings (SSSR count). The molecule has 86 valence electrons. The Hall–Kier alpha value is -2.23. The van der Waals surface area contributed by atoms with E-state index in [0.29, 0.717) is 23.4 Å². The Morgan fingerprint density at radius 2 is 2.12 bits per heavy atom. The van der Waals surface area contributed by atoms with Crippen molar-refractivity contribution in [3.8, 4) is 0 Å². The number of hydrogen-bond acceptors (Lipinski definition) is 4. The molecule has 1 heterocycles. The summed E-state index contributed by atoms with van der Waals surface area (Å²) in [7, 11) is 0. The number of nitrogens with two attached hydrogens (primary N) is 2. The number of anilines is 2. The Balaban J connectivity index is 2.11. The second-order valence-electron chi connectivity index (χ2n) is 4.39. The predicted octanol–water partition coefficient (Wildman–Crippen LogP) is 1.62. The van der Waals surface area contributed by atoms with Crippen LogP contribution in [0.4, 0.5) is 11.4 Å². The number of nitrogens with one attached hydrogen (secondary N) is 1. The van der Waals surface area contributed by atoms with Gasteiger partial charge in [-0.25, -0.2) is 0 Å². The number of fused-ring (bicyclic) bond motifs is 2. The minimum Gasteiger partial charge on any atom is -0.399 e. The molecular formula is C13H13N3O. The number of ketones is 1. The summed E-state index contributed by atoms with van der Waals surface area (Å²) in [6, 6.07) is 5.30. The summed E-state index contributed by atoms with van der Waals surface area (Å²) in [5, 5.41) is 3.24. The van der Waals surface area contributed by atoms with Gasteiger partial charge in [0.1, 0.15) is 0 Å². The molecule has 1 aliphatic carbocycles. The largest absolute Gasteiger partial charge is 0.399 e. The lowest BCUT2D eigenvalue weighted by molar-refractivity contribution is 0.0937. The van der Waals surface area contributed by atoms with Gasteiger partial charge in [0.05, 0.1) is 11.6 Å². The lowest BCUT2D eigenvalue weighted by atomic mass is 9.84. The van der Waals surface area contributed by atoms with Crippen molar-refractivity contribution in [1.82, 2.24) is 0 Å². The zero-order valence-corrected chi connectivity index (χ0v) is 9.23. The molecule has 0 radical (unpaired) electrons.